The second kappa shape index (κ2) is 4.41. The Hall–Kier alpha value is -0.900. The van der Waals surface area contributed by atoms with Gasteiger partial charge in [-0.05, 0) is 45.1 Å². The summed E-state index contributed by atoms with van der Waals surface area (Å²) in [4.78, 5) is 26.5. The van der Waals surface area contributed by atoms with Crippen LogP contribution in [0.5, 0.6) is 0 Å². The molecule has 2 bridgehead atoms. The standard InChI is InChI=1S/C13H20N2O2/c16-12-5-2-8-14-10-4-1-3-9-6-7-11(12)15(9)13(10)17/h9-11,14H,1-8H2/t9-,10+,11+/m1/s1. The second-order valence-electron chi connectivity index (χ2n) is 5.50. The SMILES string of the molecule is O=C1CCCN[C@H]2CCC[C@@H]3CC[C@@H]1N3C2=O. The number of carbonyl (C=O) groups excluding carboxylic acids is 2. The van der Waals surface area contributed by atoms with Gasteiger partial charge in [0.05, 0.1) is 12.1 Å². The summed E-state index contributed by atoms with van der Waals surface area (Å²) >= 11 is 0. The van der Waals surface area contributed by atoms with E-state index in [0.717, 1.165) is 45.1 Å². The van der Waals surface area contributed by atoms with Gasteiger partial charge in [-0.3, -0.25) is 9.59 Å². The van der Waals surface area contributed by atoms with Gasteiger partial charge < -0.3 is 10.2 Å². The predicted molar refractivity (Wildman–Crippen MR) is 63.5 cm³/mol. The van der Waals surface area contributed by atoms with Gasteiger partial charge in [0.2, 0.25) is 5.91 Å². The molecule has 1 N–H and O–H groups in total. The molecule has 3 heterocycles. The molecule has 94 valence electrons. The van der Waals surface area contributed by atoms with E-state index < -0.39 is 0 Å². The summed E-state index contributed by atoms with van der Waals surface area (Å²) in [6.07, 6.45) is 6.53. The molecule has 0 spiro atoms. The Morgan fingerprint density at radius 3 is 2.82 bits per heavy atom. The van der Waals surface area contributed by atoms with Gasteiger partial charge in [-0.2, -0.15) is 0 Å². The first-order chi connectivity index (χ1) is 8.27. The van der Waals surface area contributed by atoms with Crippen LogP contribution in [0.2, 0.25) is 0 Å². The highest BCUT2D eigenvalue weighted by Gasteiger charge is 2.44. The van der Waals surface area contributed by atoms with Crippen LogP contribution >= 0.6 is 0 Å². The van der Waals surface area contributed by atoms with E-state index in [1.54, 1.807) is 0 Å². The Kier molecular flexibility index (Phi) is 2.90. The average molecular weight is 236 g/mol. The van der Waals surface area contributed by atoms with E-state index >= 15 is 0 Å². The van der Waals surface area contributed by atoms with E-state index in [2.05, 4.69) is 5.32 Å². The topological polar surface area (TPSA) is 49.4 Å². The van der Waals surface area contributed by atoms with Crippen LogP contribution in [0.3, 0.4) is 0 Å². The maximum atomic E-state index is 12.5. The fourth-order valence-electron chi connectivity index (χ4n) is 3.57. The molecule has 1 amide bonds. The Bertz CT molecular complexity index is 342. The minimum atomic E-state index is -0.104. The van der Waals surface area contributed by atoms with Gasteiger partial charge in [0.1, 0.15) is 0 Å². The Balaban J connectivity index is 1.93. The maximum Gasteiger partial charge on any atom is 0.240 e. The highest BCUT2D eigenvalue weighted by molar-refractivity contribution is 5.92. The van der Waals surface area contributed by atoms with Crippen molar-refractivity contribution in [2.24, 2.45) is 0 Å². The highest BCUT2D eigenvalue weighted by Crippen LogP contribution is 2.33. The number of carbonyl (C=O) groups is 2. The summed E-state index contributed by atoms with van der Waals surface area (Å²) in [6.45, 7) is 0.799. The molecular weight excluding hydrogens is 216 g/mol. The summed E-state index contributed by atoms with van der Waals surface area (Å²) in [7, 11) is 0. The zero-order valence-corrected chi connectivity index (χ0v) is 10.2. The number of nitrogens with zero attached hydrogens (tertiary/aromatic N) is 1. The van der Waals surface area contributed by atoms with Crippen molar-refractivity contribution in [2.45, 2.75) is 63.1 Å². The van der Waals surface area contributed by atoms with Crippen LogP contribution in [0.15, 0.2) is 0 Å². The minimum Gasteiger partial charge on any atom is -0.328 e. The third kappa shape index (κ3) is 1.88. The van der Waals surface area contributed by atoms with E-state index in [0.29, 0.717) is 12.5 Å². The van der Waals surface area contributed by atoms with Crippen molar-refractivity contribution in [1.29, 1.82) is 0 Å². The summed E-state index contributed by atoms with van der Waals surface area (Å²) in [6, 6.07) is 0.195. The quantitative estimate of drug-likeness (QED) is 0.678. The van der Waals surface area contributed by atoms with E-state index in [4.69, 9.17) is 0 Å². The van der Waals surface area contributed by atoms with Crippen LogP contribution in [0, 0.1) is 0 Å². The summed E-state index contributed by atoms with van der Waals surface area (Å²) < 4.78 is 0. The van der Waals surface area contributed by atoms with Gasteiger partial charge in [0.15, 0.2) is 5.78 Å². The van der Waals surface area contributed by atoms with Gasteiger partial charge in [0.25, 0.3) is 0 Å². The average Bonchev–Trinajstić information content (AvgIpc) is 2.69. The van der Waals surface area contributed by atoms with Crippen LogP contribution < -0.4 is 5.32 Å². The molecule has 3 atom stereocenters. The lowest BCUT2D eigenvalue weighted by atomic mass is 10.0. The van der Waals surface area contributed by atoms with Crippen LogP contribution in [0.4, 0.5) is 0 Å². The Labute approximate surface area is 102 Å². The number of amides is 1. The van der Waals surface area contributed by atoms with E-state index in [-0.39, 0.29) is 23.8 Å². The first-order valence-corrected chi connectivity index (χ1v) is 6.85. The predicted octanol–water partition coefficient (Wildman–Crippen LogP) is 0.851. The molecular formula is C13H20N2O2. The number of ketones is 1. The van der Waals surface area contributed by atoms with Gasteiger partial charge in [-0.25, -0.2) is 0 Å². The molecule has 0 aromatic rings. The number of hydrogen-bond donors (Lipinski definition) is 1. The fraction of sp³-hybridized carbons (Fsp3) is 0.846. The maximum absolute atomic E-state index is 12.5. The van der Waals surface area contributed by atoms with Gasteiger partial charge in [-0.15, -0.1) is 0 Å². The lowest BCUT2D eigenvalue weighted by Crippen LogP contribution is -2.50. The third-order valence-corrected chi connectivity index (χ3v) is 4.45. The summed E-state index contributed by atoms with van der Waals surface area (Å²) in [5.74, 6) is 0.468. The summed E-state index contributed by atoms with van der Waals surface area (Å²) in [5.41, 5.74) is 0. The molecule has 0 radical (unpaired) electrons. The van der Waals surface area contributed by atoms with Crippen LogP contribution in [0.1, 0.15) is 44.9 Å². The van der Waals surface area contributed by atoms with Gasteiger partial charge >= 0.3 is 0 Å². The molecule has 3 aliphatic rings. The monoisotopic (exact) mass is 236 g/mol. The van der Waals surface area contributed by atoms with Crippen molar-refractivity contribution in [3.8, 4) is 0 Å². The van der Waals surface area contributed by atoms with Crippen molar-refractivity contribution in [3.63, 3.8) is 0 Å². The number of hydrogen-bond acceptors (Lipinski definition) is 3. The Morgan fingerprint density at radius 1 is 1.06 bits per heavy atom. The van der Waals surface area contributed by atoms with Crippen molar-refractivity contribution >= 4 is 11.7 Å². The van der Waals surface area contributed by atoms with Crippen molar-refractivity contribution in [2.75, 3.05) is 6.54 Å². The number of fused-ring (bicyclic) bond motifs is 1. The number of rotatable bonds is 0. The molecule has 0 aromatic carbocycles. The van der Waals surface area contributed by atoms with E-state index in [1.165, 1.54) is 0 Å². The van der Waals surface area contributed by atoms with Crippen molar-refractivity contribution < 1.29 is 9.59 Å². The molecule has 0 unspecified atom stereocenters. The third-order valence-electron chi connectivity index (χ3n) is 4.45. The Morgan fingerprint density at radius 2 is 1.94 bits per heavy atom. The van der Waals surface area contributed by atoms with Crippen molar-refractivity contribution in [3.05, 3.63) is 0 Å². The smallest absolute Gasteiger partial charge is 0.240 e. The largest absolute Gasteiger partial charge is 0.328 e. The molecule has 3 fully saturated rings. The summed E-state index contributed by atoms with van der Waals surface area (Å²) in [5, 5.41) is 3.33. The molecule has 0 aromatic heterocycles. The zero-order valence-electron chi connectivity index (χ0n) is 10.2. The van der Waals surface area contributed by atoms with Crippen molar-refractivity contribution in [1.82, 2.24) is 10.2 Å². The normalized spacial score (nSPS) is 38.4. The molecule has 0 saturated carbocycles. The molecule has 17 heavy (non-hydrogen) atoms. The van der Waals surface area contributed by atoms with Gasteiger partial charge in [-0.1, -0.05) is 0 Å². The van der Waals surface area contributed by atoms with Crippen LogP contribution in [-0.4, -0.2) is 41.3 Å². The lowest BCUT2D eigenvalue weighted by Gasteiger charge is -2.29. The van der Waals surface area contributed by atoms with Crippen LogP contribution in [-0.2, 0) is 9.59 Å². The highest BCUT2D eigenvalue weighted by atomic mass is 16.2. The van der Waals surface area contributed by atoms with E-state index in [9.17, 15) is 9.59 Å². The molecule has 4 heteroatoms. The molecule has 0 aliphatic carbocycles. The minimum absolute atomic E-state index is 0.0356. The molecule has 3 rings (SSSR count). The molecule has 3 aliphatic heterocycles. The first-order valence-electron chi connectivity index (χ1n) is 6.85. The van der Waals surface area contributed by atoms with Gasteiger partial charge in [0, 0.05) is 12.5 Å². The fourth-order valence-corrected chi connectivity index (χ4v) is 3.57. The number of Topliss-reactive ketones (excluding diaryl/α,β-unsaturated/α-hetero) is 1. The van der Waals surface area contributed by atoms with E-state index in [1.807, 2.05) is 4.90 Å². The number of nitrogens with one attached hydrogen (secondary N) is 1. The second-order valence-corrected chi connectivity index (χ2v) is 5.50. The lowest BCUT2D eigenvalue weighted by molar-refractivity contribution is -0.140. The molecule has 3 saturated heterocycles. The zero-order chi connectivity index (χ0) is 11.8. The first kappa shape index (κ1) is 11.2. The van der Waals surface area contributed by atoms with Crippen LogP contribution in [0.25, 0.3) is 0 Å². The molecule has 4 nitrogen and oxygen atoms in total.